The zero-order valence-corrected chi connectivity index (χ0v) is 12.7. The average Bonchev–Trinajstić information content (AvgIpc) is 2.76. The molecule has 0 saturated carbocycles. The summed E-state index contributed by atoms with van der Waals surface area (Å²) in [5.74, 6) is 1.16. The number of halogens is 1. The summed E-state index contributed by atoms with van der Waals surface area (Å²) in [7, 11) is -2.12. The van der Waals surface area contributed by atoms with Gasteiger partial charge in [0.1, 0.15) is 11.6 Å². The topological polar surface area (TPSA) is 84.1 Å². The molecule has 8 heteroatoms. The highest BCUT2D eigenvalue weighted by molar-refractivity contribution is 9.10. The third kappa shape index (κ3) is 3.07. The molecular formula is C11H12BrN3O3S. The first kappa shape index (κ1) is 13.9. The van der Waals surface area contributed by atoms with E-state index in [0.717, 1.165) is 0 Å². The molecule has 2 N–H and O–H groups in total. The van der Waals surface area contributed by atoms with Gasteiger partial charge in [0.25, 0.3) is 10.0 Å². The van der Waals surface area contributed by atoms with Crippen LogP contribution in [0.2, 0.25) is 0 Å². The highest BCUT2D eigenvalue weighted by Gasteiger charge is 2.17. The van der Waals surface area contributed by atoms with E-state index in [1.54, 1.807) is 25.1 Å². The molecule has 0 spiro atoms. The molecule has 1 heterocycles. The first-order chi connectivity index (χ1) is 8.92. The maximum absolute atomic E-state index is 12.1. The lowest BCUT2D eigenvalue weighted by molar-refractivity contribution is 0.412. The van der Waals surface area contributed by atoms with Crippen molar-refractivity contribution < 1.29 is 13.2 Å². The van der Waals surface area contributed by atoms with E-state index in [2.05, 4.69) is 30.6 Å². The summed E-state index contributed by atoms with van der Waals surface area (Å²) < 4.78 is 32.3. The Balaban J connectivity index is 2.28. The van der Waals surface area contributed by atoms with E-state index in [-0.39, 0.29) is 5.03 Å². The molecule has 0 aliphatic carbocycles. The highest BCUT2D eigenvalue weighted by Crippen LogP contribution is 2.28. The highest BCUT2D eigenvalue weighted by atomic mass is 79.9. The van der Waals surface area contributed by atoms with Gasteiger partial charge in [-0.25, -0.2) is 4.98 Å². The lowest BCUT2D eigenvalue weighted by Crippen LogP contribution is -2.13. The molecule has 1 aromatic carbocycles. The summed E-state index contributed by atoms with van der Waals surface area (Å²) in [6.07, 6.45) is 1.27. The fourth-order valence-electron chi connectivity index (χ4n) is 1.47. The van der Waals surface area contributed by atoms with Gasteiger partial charge in [-0.15, -0.1) is 0 Å². The lowest BCUT2D eigenvalue weighted by atomic mass is 10.3. The molecular weight excluding hydrogens is 334 g/mol. The number of anilines is 1. The molecule has 0 radical (unpaired) electrons. The number of aromatic nitrogens is 2. The number of sulfonamides is 1. The van der Waals surface area contributed by atoms with Crippen molar-refractivity contribution in [2.24, 2.45) is 0 Å². The number of imidazole rings is 1. The van der Waals surface area contributed by atoms with Crippen LogP contribution in [0.1, 0.15) is 5.82 Å². The predicted octanol–water partition coefficient (Wildman–Crippen LogP) is 2.29. The van der Waals surface area contributed by atoms with Crippen LogP contribution < -0.4 is 9.46 Å². The van der Waals surface area contributed by atoms with Crippen LogP contribution in [0.3, 0.4) is 0 Å². The van der Waals surface area contributed by atoms with Crippen LogP contribution >= 0.6 is 15.9 Å². The van der Waals surface area contributed by atoms with E-state index >= 15 is 0 Å². The van der Waals surface area contributed by atoms with Gasteiger partial charge in [0, 0.05) is 0 Å². The zero-order chi connectivity index (χ0) is 14.0. The zero-order valence-electron chi connectivity index (χ0n) is 10.3. The minimum absolute atomic E-state index is 0.0249. The molecule has 0 saturated heterocycles. The molecule has 0 aliphatic heterocycles. The fraction of sp³-hybridized carbons (Fsp3) is 0.182. The van der Waals surface area contributed by atoms with Gasteiger partial charge in [0.05, 0.1) is 23.5 Å². The largest absolute Gasteiger partial charge is 0.496 e. The second-order valence-electron chi connectivity index (χ2n) is 3.79. The van der Waals surface area contributed by atoms with E-state index in [9.17, 15) is 8.42 Å². The van der Waals surface area contributed by atoms with Crippen LogP contribution in [-0.4, -0.2) is 25.5 Å². The molecule has 0 unspecified atom stereocenters. The van der Waals surface area contributed by atoms with E-state index in [1.165, 1.54) is 13.3 Å². The van der Waals surface area contributed by atoms with Crippen LogP contribution in [0.5, 0.6) is 5.75 Å². The number of hydrogen-bond donors (Lipinski definition) is 2. The summed E-state index contributed by atoms with van der Waals surface area (Å²) >= 11 is 3.30. The van der Waals surface area contributed by atoms with Crippen molar-refractivity contribution in [3.8, 4) is 5.75 Å². The van der Waals surface area contributed by atoms with Gasteiger partial charge < -0.3 is 9.72 Å². The first-order valence-electron chi connectivity index (χ1n) is 5.30. The Hall–Kier alpha value is -1.54. The Morgan fingerprint density at radius 3 is 2.68 bits per heavy atom. The van der Waals surface area contributed by atoms with Crippen LogP contribution in [0.15, 0.2) is 33.9 Å². The van der Waals surface area contributed by atoms with E-state index < -0.39 is 10.0 Å². The Morgan fingerprint density at radius 1 is 1.42 bits per heavy atom. The average molecular weight is 346 g/mol. The number of H-pyrrole nitrogens is 1. The summed E-state index contributed by atoms with van der Waals surface area (Å²) in [6.45, 7) is 1.68. The quantitative estimate of drug-likeness (QED) is 0.890. The molecule has 0 bridgehead atoms. The van der Waals surface area contributed by atoms with E-state index in [0.29, 0.717) is 21.7 Å². The summed E-state index contributed by atoms with van der Waals surface area (Å²) in [4.78, 5) is 6.54. The number of methoxy groups -OCH3 is 1. The van der Waals surface area contributed by atoms with Crippen molar-refractivity contribution >= 4 is 31.6 Å². The maximum Gasteiger partial charge on any atom is 0.278 e. The monoisotopic (exact) mass is 345 g/mol. The molecule has 0 aliphatic rings. The second kappa shape index (κ2) is 5.22. The minimum atomic E-state index is -3.66. The van der Waals surface area contributed by atoms with Crippen molar-refractivity contribution in [1.82, 2.24) is 9.97 Å². The van der Waals surface area contributed by atoms with Crippen LogP contribution in [0.4, 0.5) is 5.69 Å². The van der Waals surface area contributed by atoms with Crippen molar-refractivity contribution in [3.63, 3.8) is 0 Å². The van der Waals surface area contributed by atoms with Gasteiger partial charge in [-0.1, -0.05) is 0 Å². The Morgan fingerprint density at radius 2 is 2.16 bits per heavy atom. The first-order valence-corrected chi connectivity index (χ1v) is 7.58. The van der Waals surface area contributed by atoms with Crippen molar-refractivity contribution in [2.45, 2.75) is 11.9 Å². The van der Waals surface area contributed by atoms with Gasteiger partial charge in [-0.05, 0) is 41.1 Å². The van der Waals surface area contributed by atoms with Crippen molar-refractivity contribution in [2.75, 3.05) is 11.8 Å². The molecule has 2 rings (SSSR count). The number of aryl methyl sites for hydroxylation is 1. The van der Waals surface area contributed by atoms with Crippen molar-refractivity contribution in [1.29, 1.82) is 0 Å². The van der Waals surface area contributed by atoms with Gasteiger partial charge in [-0.2, -0.15) is 8.42 Å². The summed E-state index contributed by atoms with van der Waals surface area (Å²) in [5.41, 5.74) is 0.430. The third-order valence-corrected chi connectivity index (χ3v) is 4.28. The lowest BCUT2D eigenvalue weighted by Gasteiger charge is -2.08. The normalized spacial score (nSPS) is 11.3. The van der Waals surface area contributed by atoms with E-state index in [1.807, 2.05) is 0 Å². The summed E-state index contributed by atoms with van der Waals surface area (Å²) in [6, 6.07) is 4.91. The molecule has 0 fully saturated rings. The predicted molar refractivity (Wildman–Crippen MR) is 74.8 cm³/mol. The maximum atomic E-state index is 12.1. The number of benzene rings is 1. The summed E-state index contributed by atoms with van der Waals surface area (Å²) in [5, 5.41) is 0.0249. The number of nitrogens with one attached hydrogen (secondary N) is 2. The smallest absolute Gasteiger partial charge is 0.278 e. The Kier molecular flexibility index (Phi) is 3.81. The standard InChI is InChI=1S/C11H12BrN3O3S/c1-7-13-6-11(14-7)19(16,17)15-8-3-4-10(18-2)9(12)5-8/h3-6,15H,1-2H3,(H,13,14). The number of nitrogens with zero attached hydrogens (tertiary/aromatic N) is 1. The van der Waals surface area contributed by atoms with Gasteiger partial charge >= 0.3 is 0 Å². The van der Waals surface area contributed by atoms with Crippen molar-refractivity contribution in [3.05, 3.63) is 34.7 Å². The third-order valence-electron chi connectivity index (χ3n) is 2.37. The second-order valence-corrected chi connectivity index (χ2v) is 6.29. The van der Waals surface area contributed by atoms with Crippen LogP contribution in [0, 0.1) is 6.92 Å². The molecule has 102 valence electrons. The van der Waals surface area contributed by atoms with Gasteiger partial charge in [0.15, 0.2) is 5.03 Å². The molecule has 6 nitrogen and oxygen atoms in total. The number of hydrogen-bond acceptors (Lipinski definition) is 4. The van der Waals surface area contributed by atoms with E-state index in [4.69, 9.17) is 4.74 Å². The van der Waals surface area contributed by atoms with Gasteiger partial charge in [0.2, 0.25) is 0 Å². The Bertz CT molecular complexity index is 697. The fourth-order valence-corrected chi connectivity index (χ4v) is 3.04. The molecule has 0 atom stereocenters. The minimum Gasteiger partial charge on any atom is -0.496 e. The molecule has 1 aromatic heterocycles. The molecule has 19 heavy (non-hydrogen) atoms. The van der Waals surface area contributed by atoms with Crippen LogP contribution in [-0.2, 0) is 10.0 Å². The number of ether oxygens (including phenoxy) is 1. The van der Waals surface area contributed by atoms with Crippen LogP contribution in [0.25, 0.3) is 0 Å². The number of rotatable bonds is 4. The number of aromatic amines is 1. The SMILES string of the molecule is COc1ccc(NS(=O)(=O)c2cnc(C)[nH]2)cc1Br. The van der Waals surface area contributed by atoms with Gasteiger partial charge in [-0.3, -0.25) is 4.72 Å². The molecule has 0 amide bonds. The molecule has 2 aromatic rings. The Labute approximate surface area is 119 Å².